The van der Waals surface area contributed by atoms with Gasteiger partial charge in [0.05, 0.1) is 0 Å². The molecule has 0 aliphatic heterocycles. The minimum Gasteiger partial charge on any atom is -0.320 e. The van der Waals surface area contributed by atoms with E-state index in [0.29, 0.717) is 15.7 Å². The van der Waals surface area contributed by atoms with Crippen molar-refractivity contribution >= 4 is 40.4 Å². The van der Waals surface area contributed by atoms with Gasteiger partial charge in [0.25, 0.3) is 5.91 Å². The molecule has 112 valence electrons. The molecule has 1 aromatic carbocycles. The van der Waals surface area contributed by atoms with E-state index in [1.165, 1.54) is 25.5 Å². The lowest BCUT2D eigenvalue weighted by atomic mass is 10.3. The van der Waals surface area contributed by atoms with Gasteiger partial charge in [-0.1, -0.05) is 28.4 Å². The van der Waals surface area contributed by atoms with E-state index in [1.807, 2.05) is 0 Å². The van der Waals surface area contributed by atoms with Crippen LogP contribution in [0.2, 0.25) is 10.0 Å². The number of hydrogen-bond donors (Lipinski definition) is 1. The monoisotopic (exact) mass is 338 g/mol. The molecule has 0 saturated carbocycles. The summed E-state index contributed by atoms with van der Waals surface area (Å²) < 4.78 is 2.17. The zero-order chi connectivity index (χ0) is 15.9. The summed E-state index contributed by atoms with van der Waals surface area (Å²) in [5.41, 5.74) is -0.0159. The smallest absolute Gasteiger partial charge is 0.320 e. The third kappa shape index (κ3) is 2.53. The van der Waals surface area contributed by atoms with E-state index in [0.717, 1.165) is 9.08 Å². The first kappa shape index (κ1) is 14.5. The normalized spacial score (nSPS) is 10.9. The number of carbonyl (C=O) groups excluding carboxylic acids is 1. The number of anilines is 1. The van der Waals surface area contributed by atoms with Crippen LogP contribution in [0.15, 0.2) is 29.3 Å². The average Bonchev–Trinajstić information content (AvgIpc) is 2.86. The molecule has 0 atom stereocenters. The Kier molecular flexibility index (Phi) is 3.55. The summed E-state index contributed by atoms with van der Waals surface area (Å²) >= 11 is 11.7. The maximum Gasteiger partial charge on any atom is 0.352 e. The number of benzene rings is 1. The Hall–Kier alpha value is -2.45. The van der Waals surface area contributed by atoms with Crippen molar-refractivity contribution < 1.29 is 4.79 Å². The van der Waals surface area contributed by atoms with Crippen molar-refractivity contribution in [3.05, 3.63) is 50.7 Å². The molecule has 3 rings (SSSR count). The van der Waals surface area contributed by atoms with E-state index in [9.17, 15) is 9.59 Å². The Morgan fingerprint density at radius 3 is 2.59 bits per heavy atom. The predicted molar refractivity (Wildman–Crippen MR) is 80.4 cm³/mol. The zero-order valence-corrected chi connectivity index (χ0v) is 12.6. The molecule has 0 radical (unpaired) electrons. The SMILES string of the molecule is Cn1nnc2c(C(=O)Nc3cc(Cl)cc(Cl)c3)ncn2c1=O. The van der Waals surface area contributed by atoms with E-state index in [2.05, 4.69) is 20.6 Å². The fourth-order valence-electron chi connectivity index (χ4n) is 1.86. The molecule has 1 N–H and O–H groups in total. The number of fused-ring (bicyclic) bond motifs is 1. The highest BCUT2D eigenvalue weighted by molar-refractivity contribution is 6.35. The Morgan fingerprint density at radius 2 is 1.91 bits per heavy atom. The number of nitrogens with one attached hydrogen (secondary N) is 1. The molecule has 0 bridgehead atoms. The maximum atomic E-state index is 12.3. The van der Waals surface area contributed by atoms with Crippen LogP contribution in [0.4, 0.5) is 5.69 Å². The van der Waals surface area contributed by atoms with Crippen molar-refractivity contribution in [3.8, 4) is 0 Å². The zero-order valence-electron chi connectivity index (χ0n) is 11.1. The second-order valence-corrected chi connectivity index (χ2v) is 5.27. The van der Waals surface area contributed by atoms with E-state index in [4.69, 9.17) is 23.2 Å². The Morgan fingerprint density at radius 1 is 1.23 bits per heavy atom. The molecule has 3 aromatic rings. The molecule has 0 saturated heterocycles. The van der Waals surface area contributed by atoms with Gasteiger partial charge < -0.3 is 5.32 Å². The van der Waals surface area contributed by atoms with Gasteiger partial charge in [-0.25, -0.2) is 14.2 Å². The number of hydrogen-bond acceptors (Lipinski definition) is 5. The van der Waals surface area contributed by atoms with Crippen LogP contribution in [0, 0.1) is 0 Å². The minimum absolute atomic E-state index is 0.0266. The molecule has 0 fully saturated rings. The molecule has 0 unspecified atom stereocenters. The number of halogens is 2. The van der Waals surface area contributed by atoms with Crippen LogP contribution in [0.3, 0.4) is 0 Å². The minimum atomic E-state index is -0.552. The van der Waals surface area contributed by atoms with Crippen molar-refractivity contribution in [2.45, 2.75) is 0 Å². The van der Waals surface area contributed by atoms with Crippen molar-refractivity contribution in [2.24, 2.45) is 7.05 Å². The molecule has 2 aromatic heterocycles. The predicted octanol–water partition coefficient (Wildman–Crippen LogP) is 1.38. The van der Waals surface area contributed by atoms with Crippen LogP contribution in [-0.4, -0.2) is 30.3 Å². The Balaban J connectivity index is 1.99. The van der Waals surface area contributed by atoms with Crippen LogP contribution in [0.25, 0.3) is 5.65 Å². The second kappa shape index (κ2) is 5.39. The first-order valence-electron chi connectivity index (χ1n) is 6.00. The number of imidazole rings is 1. The van der Waals surface area contributed by atoms with Gasteiger partial charge in [0.1, 0.15) is 6.33 Å². The van der Waals surface area contributed by atoms with Crippen molar-refractivity contribution in [3.63, 3.8) is 0 Å². The van der Waals surface area contributed by atoms with Gasteiger partial charge in [0.2, 0.25) is 0 Å². The fraction of sp³-hybridized carbons (Fsp3) is 0.0833. The van der Waals surface area contributed by atoms with Gasteiger partial charge in [-0.05, 0) is 18.2 Å². The average molecular weight is 339 g/mol. The van der Waals surface area contributed by atoms with Gasteiger partial charge >= 0.3 is 5.69 Å². The van der Waals surface area contributed by atoms with E-state index in [1.54, 1.807) is 6.07 Å². The Labute approximate surface area is 133 Å². The largest absolute Gasteiger partial charge is 0.352 e. The van der Waals surface area contributed by atoms with E-state index in [-0.39, 0.29) is 11.3 Å². The highest BCUT2D eigenvalue weighted by Gasteiger charge is 2.17. The van der Waals surface area contributed by atoms with Crippen LogP contribution in [0.5, 0.6) is 0 Å². The molecular formula is C12H8Cl2N6O2. The summed E-state index contributed by atoms with van der Waals surface area (Å²) in [5, 5.41) is 10.8. The van der Waals surface area contributed by atoms with Crippen molar-refractivity contribution in [2.75, 3.05) is 5.32 Å². The standard InChI is InChI=1S/C12H8Cl2N6O2/c1-19-12(22)20-5-15-9(10(20)17-18-19)11(21)16-8-3-6(13)2-7(14)4-8/h2-5H,1H3,(H,16,21). The third-order valence-corrected chi connectivity index (χ3v) is 3.27. The van der Waals surface area contributed by atoms with Gasteiger partial charge in [0.15, 0.2) is 11.3 Å². The van der Waals surface area contributed by atoms with Crippen LogP contribution >= 0.6 is 23.2 Å². The maximum absolute atomic E-state index is 12.3. The summed E-state index contributed by atoms with van der Waals surface area (Å²) in [6.45, 7) is 0. The van der Waals surface area contributed by atoms with E-state index < -0.39 is 11.6 Å². The Bertz CT molecular complexity index is 928. The third-order valence-electron chi connectivity index (χ3n) is 2.83. The molecule has 0 aliphatic rings. The van der Waals surface area contributed by atoms with Crippen LogP contribution in [-0.2, 0) is 7.05 Å². The molecule has 0 aliphatic carbocycles. The number of carbonyl (C=O) groups is 1. The summed E-state index contributed by atoms with van der Waals surface area (Å²) in [6.07, 6.45) is 1.21. The van der Waals surface area contributed by atoms with E-state index >= 15 is 0 Å². The molecule has 1 amide bonds. The van der Waals surface area contributed by atoms with Crippen molar-refractivity contribution in [1.29, 1.82) is 0 Å². The lowest BCUT2D eigenvalue weighted by molar-refractivity contribution is 0.102. The van der Waals surface area contributed by atoms with Gasteiger partial charge in [-0.3, -0.25) is 4.79 Å². The number of amides is 1. The molecule has 22 heavy (non-hydrogen) atoms. The van der Waals surface area contributed by atoms with Gasteiger partial charge in [0, 0.05) is 22.8 Å². The van der Waals surface area contributed by atoms with Crippen molar-refractivity contribution in [1.82, 2.24) is 24.4 Å². The lowest BCUT2D eigenvalue weighted by Gasteiger charge is -2.04. The van der Waals surface area contributed by atoms with Crippen LogP contribution < -0.4 is 11.0 Å². The topological polar surface area (TPSA) is 94.2 Å². The quantitative estimate of drug-likeness (QED) is 0.761. The van der Waals surface area contributed by atoms with Gasteiger partial charge in [-0.15, -0.1) is 5.10 Å². The molecule has 2 heterocycles. The number of aryl methyl sites for hydroxylation is 1. The van der Waals surface area contributed by atoms with Gasteiger partial charge in [-0.2, -0.15) is 4.68 Å². The highest BCUT2D eigenvalue weighted by atomic mass is 35.5. The summed E-state index contributed by atoms with van der Waals surface area (Å²) in [6, 6.07) is 4.61. The summed E-state index contributed by atoms with van der Waals surface area (Å²) in [4.78, 5) is 28.0. The number of aromatic nitrogens is 5. The molecular weight excluding hydrogens is 331 g/mol. The number of nitrogens with zero attached hydrogens (tertiary/aromatic N) is 5. The second-order valence-electron chi connectivity index (χ2n) is 4.39. The lowest BCUT2D eigenvalue weighted by Crippen LogP contribution is -2.27. The van der Waals surface area contributed by atoms with Crippen LogP contribution in [0.1, 0.15) is 10.5 Å². The molecule has 10 heteroatoms. The summed E-state index contributed by atoms with van der Waals surface area (Å²) in [7, 11) is 1.45. The molecule has 0 spiro atoms. The summed E-state index contributed by atoms with van der Waals surface area (Å²) in [5.74, 6) is -0.552. The first-order valence-corrected chi connectivity index (χ1v) is 6.76. The highest BCUT2D eigenvalue weighted by Crippen LogP contribution is 2.22. The molecule has 8 nitrogen and oxygen atoms in total. The fourth-order valence-corrected chi connectivity index (χ4v) is 2.38. The number of rotatable bonds is 2. The first-order chi connectivity index (χ1) is 10.5.